The second-order valence-electron chi connectivity index (χ2n) is 8.80. The Kier molecular flexibility index (Phi) is 6.82. The number of nitrogens with one attached hydrogen (secondary N) is 1. The van der Waals surface area contributed by atoms with Gasteiger partial charge < -0.3 is 19.9 Å². The number of halogens is 2. The highest BCUT2D eigenvalue weighted by Crippen LogP contribution is 2.42. The van der Waals surface area contributed by atoms with Crippen LogP contribution in [0.1, 0.15) is 25.7 Å². The predicted octanol–water partition coefficient (Wildman–Crippen LogP) is 7.19. The molecule has 1 heterocycles. The summed E-state index contributed by atoms with van der Waals surface area (Å²) < 4.78 is 41.4. The number of phenols is 1. The van der Waals surface area contributed by atoms with Gasteiger partial charge in [-0.05, 0) is 91.9 Å². The summed E-state index contributed by atoms with van der Waals surface area (Å²) in [6.07, 6.45) is 4.64. The zero-order valence-corrected chi connectivity index (χ0v) is 19.3. The third-order valence-electron chi connectivity index (χ3n) is 6.38. The van der Waals surface area contributed by atoms with E-state index in [-0.39, 0.29) is 11.3 Å². The summed E-state index contributed by atoms with van der Waals surface area (Å²) in [6, 6.07) is 19.6. The first-order valence-electron chi connectivity index (χ1n) is 11.9. The molecule has 1 unspecified atom stereocenters. The van der Waals surface area contributed by atoms with Crippen molar-refractivity contribution in [2.45, 2.75) is 31.7 Å². The van der Waals surface area contributed by atoms with Crippen LogP contribution in [0.2, 0.25) is 0 Å². The first-order chi connectivity index (χ1) is 17.1. The van der Waals surface area contributed by atoms with Gasteiger partial charge >= 0.3 is 0 Å². The highest BCUT2D eigenvalue weighted by atomic mass is 19.1. The molecule has 1 atom stereocenters. The van der Waals surface area contributed by atoms with E-state index in [9.17, 15) is 13.9 Å². The van der Waals surface area contributed by atoms with E-state index in [4.69, 9.17) is 9.47 Å². The Morgan fingerprint density at radius 1 is 0.886 bits per heavy atom. The number of rotatable bonds is 7. The van der Waals surface area contributed by atoms with Gasteiger partial charge in [-0.1, -0.05) is 18.6 Å². The largest absolute Gasteiger partial charge is 0.508 e. The van der Waals surface area contributed by atoms with Crippen LogP contribution in [0.3, 0.4) is 0 Å². The van der Waals surface area contributed by atoms with E-state index in [0.29, 0.717) is 40.5 Å². The molecule has 6 heteroatoms. The molecule has 4 aromatic rings. The molecule has 1 aliphatic heterocycles. The smallest absolute Gasteiger partial charge is 0.143 e. The lowest BCUT2D eigenvalue weighted by Crippen LogP contribution is -2.35. The molecule has 0 aliphatic carbocycles. The number of hydrogen-bond acceptors (Lipinski definition) is 4. The summed E-state index contributed by atoms with van der Waals surface area (Å²) in [6.45, 7) is 1.70. The van der Waals surface area contributed by atoms with Crippen molar-refractivity contribution in [3.63, 3.8) is 0 Å². The summed E-state index contributed by atoms with van der Waals surface area (Å²) in [4.78, 5) is 0. The Morgan fingerprint density at radius 2 is 1.66 bits per heavy atom. The Morgan fingerprint density at radius 3 is 2.40 bits per heavy atom. The van der Waals surface area contributed by atoms with E-state index >= 15 is 0 Å². The molecule has 180 valence electrons. The van der Waals surface area contributed by atoms with Gasteiger partial charge in [0.2, 0.25) is 0 Å². The minimum Gasteiger partial charge on any atom is -0.508 e. The number of hydrogen-bond donors (Lipinski definition) is 2. The van der Waals surface area contributed by atoms with Crippen molar-refractivity contribution >= 4 is 10.8 Å². The molecule has 1 saturated heterocycles. The predicted molar refractivity (Wildman–Crippen MR) is 133 cm³/mol. The number of ether oxygens (including phenoxy) is 2. The molecule has 4 aromatic carbocycles. The van der Waals surface area contributed by atoms with Gasteiger partial charge in [0.15, 0.2) is 0 Å². The van der Waals surface area contributed by atoms with Crippen LogP contribution in [0.25, 0.3) is 21.9 Å². The van der Waals surface area contributed by atoms with Crippen LogP contribution < -0.4 is 14.8 Å². The first-order valence-corrected chi connectivity index (χ1v) is 11.9. The van der Waals surface area contributed by atoms with E-state index in [1.165, 1.54) is 43.5 Å². The van der Waals surface area contributed by atoms with Crippen LogP contribution in [0.5, 0.6) is 23.0 Å². The van der Waals surface area contributed by atoms with Crippen LogP contribution in [0.15, 0.2) is 72.8 Å². The molecular weight excluding hydrogens is 448 g/mol. The van der Waals surface area contributed by atoms with Crippen molar-refractivity contribution < 1.29 is 23.4 Å². The van der Waals surface area contributed by atoms with E-state index in [1.807, 2.05) is 12.1 Å². The van der Waals surface area contributed by atoms with Gasteiger partial charge in [0.1, 0.15) is 34.6 Å². The van der Waals surface area contributed by atoms with Crippen LogP contribution in [-0.2, 0) is 0 Å². The van der Waals surface area contributed by atoms with Gasteiger partial charge in [-0.3, -0.25) is 0 Å². The fraction of sp³-hybridized carbons (Fsp3) is 0.241. The molecule has 0 saturated carbocycles. The van der Waals surface area contributed by atoms with Gasteiger partial charge in [0.25, 0.3) is 0 Å². The van der Waals surface area contributed by atoms with Gasteiger partial charge in [-0.2, -0.15) is 0 Å². The van der Waals surface area contributed by atoms with Gasteiger partial charge in [0, 0.05) is 17.0 Å². The van der Waals surface area contributed by atoms with Gasteiger partial charge in [-0.25, -0.2) is 8.78 Å². The summed E-state index contributed by atoms with van der Waals surface area (Å²) in [5.41, 5.74) is 0.132. The summed E-state index contributed by atoms with van der Waals surface area (Å²) >= 11 is 0. The number of benzene rings is 4. The molecule has 1 aliphatic rings. The Labute approximate surface area is 203 Å². The van der Waals surface area contributed by atoms with E-state index in [0.717, 1.165) is 18.7 Å². The third kappa shape index (κ3) is 5.23. The fourth-order valence-electron chi connectivity index (χ4n) is 4.56. The zero-order chi connectivity index (χ0) is 24.2. The van der Waals surface area contributed by atoms with E-state index in [2.05, 4.69) is 5.32 Å². The zero-order valence-electron chi connectivity index (χ0n) is 19.3. The number of phenolic OH excluding ortho intramolecular Hbond substituents is 1. The molecule has 1 fully saturated rings. The minimum absolute atomic E-state index is 0.0956. The summed E-state index contributed by atoms with van der Waals surface area (Å²) in [5, 5.41) is 14.7. The van der Waals surface area contributed by atoms with E-state index < -0.39 is 11.6 Å². The second kappa shape index (κ2) is 10.3. The average Bonchev–Trinajstić information content (AvgIpc) is 2.86. The molecule has 0 radical (unpaired) electrons. The Balaban J connectivity index is 1.41. The van der Waals surface area contributed by atoms with Crippen molar-refractivity contribution in [1.82, 2.24) is 5.32 Å². The van der Waals surface area contributed by atoms with Crippen molar-refractivity contribution in [2.24, 2.45) is 0 Å². The van der Waals surface area contributed by atoms with Crippen LogP contribution in [0, 0.1) is 11.6 Å². The van der Waals surface area contributed by atoms with Crippen LogP contribution in [-0.4, -0.2) is 24.3 Å². The maximum atomic E-state index is 14.7. The molecule has 35 heavy (non-hydrogen) atoms. The SMILES string of the molecule is Oc1ccc2c(Oc3ccc(OCCC4CCCCN4)cc3)c(-c3c(F)cccc3F)ccc2c1. The average molecular weight is 476 g/mol. The monoisotopic (exact) mass is 475 g/mol. The first kappa shape index (κ1) is 23.1. The molecule has 0 aromatic heterocycles. The maximum Gasteiger partial charge on any atom is 0.143 e. The number of piperidine rings is 1. The van der Waals surface area contributed by atoms with Gasteiger partial charge in [-0.15, -0.1) is 0 Å². The van der Waals surface area contributed by atoms with Crippen molar-refractivity contribution in [3.05, 3.63) is 84.4 Å². The van der Waals surface area contributed by atoms with E-state index in [1.54, 1.807) is 36.4 Å². The lowest BCUT2D eigenvalue weighted by molar-refractivity contribution is 0.268. The summed E-state index contributed by atoms with van der Waals surface area (Å²) in [5.74, 6) is 0.288. The van der Waals surface area contributed by atoms with Gasteiger partial charge in [0.05, 0.1) is 12.2 Å². The molecule has 2 N–H and O–H groups in total. The van der Waals surface area contributed by atoms with Crippen molar-refractivity contribution in [2.75, 3.05) is 13.2 Å². The van der Waals surface area contributed by atoms with Crippen molar-refractivity contribution in [3.8, 4) is 34.1 Å². The normalized spacial score (nSPS) is 15.8. The third-order valence-corrected chi connectivity index (χ3v) is 6.38. The lowest BCUT2D eigenvalue weighted by atomic mass is 9.98. The number of aromatic hydroxyl groups is 1. The number of fused-ring (bicyclic) bond motifs is 1. The maximum absolute atomic E-state index is 14.7. The molecule has 0 bridgehead atoms. The molecular formula is C29H27F2NO3. The highest BCUT2D eigenvalue weighted by Gasteiger charge is 2.19. The molecule has 0 spiro atoms. The van der Waals surface area contributed by atoms with Crippen LogP contribution >= 0.6 is 0 Å². The summed E-state index contributed by atoms with van der Waals surface area (Å²) in [7, 11) is 0. The lowest BCUT2D eigenvalue weighted by Gasteiger charge is -2.23. The minimum atomic E-state index is -0.677. The fourth-order valence-corrected chi connectivity index (χ4v) is 4.56. The molecule has 5 rings (SSSR count). The standard InChI is InChI=1S/C29H27F2NO3/c30-26-5-3-6-27(31)28(26)25-13-7-19-18-21(33)8-14-24(19)29(25)35-23-11-9-22(10-12-23)34-17-15-20-4-1-2-16-32-20/h3,5-14,18,20,32-33H,1-2,4,15-17H2. The van der Waals surface area contributed by atoms with Crippen molar-refractivity contribution in [1.29, 1.82) is 0 Å². The molecule has 4 nitrogen and oxygen atoms in total. The highest BCUT2D eigenvalue weighted by molar-refractivity contribution is 5.96. The Hall–Kier alpha value is -3.64. The van der Waals surface area contributed by atoms with Crippen LogP contribution in [0.4, 0.5) is 8.78 Å². The molecule has 0 amide bonds. The Bertz CT molecular complexity index is 1300. The topological polar surface area (TPSA) is 50.7 Å². The second-order valence-corrected chi connectivity index (χ2v) is 8.80. The quantitative estimate of drug-likeness (QED) is 0.297.